The van der Waals surface area contributed by atoms with Gasteiger partial charge in [0.2, 0.25) is 0 Å². The van der Waals surface area contributed by atoms with Crippen LogP contribution < -0.4 is 0 Å². The fourth-order valence-electron chi connectivity index (χ4n) is 0.937. The molecule has 0 atom stereocenters. The van der Waals surface area contributed by atoms with Crippen LogP contribution in [0.5, 0.6) is 0 Å². The van der Waals surface area contributed by atoms with Gasteiger partial charge in [-0.3, -0.25) is 0 Å². The van der Waals surface area contributed by atoms with Crippen LogP contribution in [0.4, 0.5) is 0 Å². The Bertz CT molecular complexity index is 397. The third-order valence-corrected chi connectivity index (χ3v) is 4.67. The molecular weight excluding hydrogens is 267 g/mol. The number of hydrogen-bond acceptors (Lipinski definition) is 3. The average molecular weight is 276 g/mol. The normalized spacial score (nSPS) is 12.0. The van der Waals surface area contributed by atoms with Crippen LogP contribution >= 0.6 is 19.8 Å². The van der Waals surface area contributed by atoms with Gasteiger partial charge in [-0.15, -0.1) is 0 Å². The molecule has 0 unspecified atom stereocenters. The monoisotopic (exact) mass is 276 g/mol. The van der Waals surface area contributed by atoms with Crippen molar-refractivity contribution in [2.24, 2.45) is 0 Å². The first-order chi connectivity index (χ1) is 5.77. The second-order valence-corrected chi connectivity index (χ2v) is 8.14. The Morgan fingerprint density at radius 3 is 2.92 bits per heavy atom. The molecule has 0 fully saturated rings. The zero-order valence-electron chi connectivity index (χ0n) is 6.91. The maximum absolute atomic E-state index is 5.16. The van der Waals surface area contributed by atoms with E-state index in [0.717, 1.165) is 5.58 Å². The van der Waals surface area contributed by atoms with Gasteiger partial charge in [-0.2, -0.15) is 0 Å². The fraction of sp³-hybridized carbons (Fsp3) is 0.250. The first-order valence-corrected chi connectivity index (χ1v) is 8.86. The summed E-state index contributed by atoms with van der Waals surface area (Å²) < 4.78 is 6.50. The van der Waals surface area contributed by atoms with E-state index in [-0.39, 0.29) is 0 Å². The Balaban J connectivity index is 2.60. The van der Waals surface area contributed by atoms with Gasteiger partial charge in [0, 0.05) is 0 Å². The van der Waals surface area contributed by atoms with Crippen molar-refractivity contribution in [2.45, 2.75) is 0 Å². The molecule has 2 aromatic heterocycles. The number of aromatic nitrogens is 2. The molecule has 12 heavy (non-hydrogen) atoms. The topological polar surface area (TPSA) is 38.9 Å². The van der Waals surface area contributed by atoms with Gasteiger partial charge in [-0.05, 0) is 0 Å². The van der Waals surface area contributed by atoms with E-state index in [0.29, 0.717) is 5.65 Å². The van der Waals surface area contributed by atoms with Crippen LogP contribution in [0.1, 0.15) is 0 Å². The van der Waals surface area contributed by atoms with Crippen LogP contribution in [0.15, 0.2) is 23.1 Å². The number of alkyl halides is 2. The Kier molecular flexibility index (Phi) is 2.00. The van der Waals surface area contributed by atoms with Crippen LogP contribution in [0, 0.1) is 3.57 Å². The summed E-state index contributed by atoms with van der Waals surface area (Å²) in [6.07, 6.45) is 3.35. The fourth-order valence-corrected chi connectivity index (χ4v) is 2.54. The van der Waals surface area contributed by atoms with E-state index in [1.54, 1.807) is 0 Å². The number of rotatable bonds is 1. The SMILES string of the molecule is CI(C)c1cnc2ncoc2c1. The standard InChI is InChI=1S/C8H9IN2O/c1-9(2)6-3-7-8(10-4-6)11-5-12-7/h3-5H,1-2H3. The first-order valence-electron chi connectivity index (χ1n) is 3.46. The van der Waals surface area contributed by atoms with Gasteiger partial charge < -0.3 is 0 Å². The number of hydrogen-bond donors (Lipinski definition) is 0. The van der Waals surface area contributed by atoms with E-state index < -0.39 is 19.8 Å². The molecule has 2 heterocycles. The number of pyridine rings is 1. The Labute approximate surface area is 77.6 Å². The minimum atomic E-state index is -0.921. The van der Waals surface area contributed by atoms with Crippen molar-refractivity contribution in [3.05, 3.63) is 22.2 Å². The van der Waals surface area contributed by atoms with Crippen LogP contribution in [0.25, 0.3) is 11.2 Å². The molecule has 0 bridgehead atoms. The summed E-state index contributed by atoms with van der Waals surface area (Å²) in [6, 6.07) is 2.06. The summed E-state index contributed by atoms with van der Waals surface area (Å²) in [7, 11) is 0. The molecular formula is C8H9IN2O. The molecule has 2 aromatic rings. The number of oxazole rings is 1. The summed E-state index contributed by atoms with van der Waals surface area (Å²) in [5.74, 6) is 0. The predicted octanol–water partition coefficient (Wildman–Crippen LogP) is 2.16. The Hall–Kier alpha value is -0.650. The summed E-state index contributed by atoms with van der Waals surface area (Å²) in [5.41, 5.74) is 1.51. The third kappa shape index (κ3) is 1.31. The second-order valence-electron chi connectivity index (χ2n) is 2.58. The zero-order chi connectivity index (χ0) is 8.55. The van der Waals surface area contributed by atoms with Crippen molar-refractivity contribution >= 4 is 31.0 Å². The molecule has 0 aromatic carbocycles. The van der Waals surface area contributed by atoms with Gasteiger partial charge in [0.25, 0.3) is 0 Å². The average Bonchev–Trinajstić information content (AvgIpc) is 2.49. The predicted molar refractivity (Wildman–Crippen MR) is 56.4 cm³/mol. The quantitative estimate of drug-likeness (QED) is 0.592. The molecule has 0 aliphatic carbocycles. The van der Waals surface area contributed by atoms with Gasteiger partial charge in [0.1, 0.15) is 0 Å². The van der Waals surface area contributed by atoms with E-state index in [4.69, 9.17) is 4.42 Å². The Morgan fingerprint density at radius 1 is 1.33 bits per heavy atom. The van der Waals surface area contributed by atoms with Gasteiger partial charge in [-0.1, -0.05) is 0 Å². The van der Waals surface area contributed by atoms with E-state index in [1.165, 1.54) is 9.96 Å². The van der Waals surface area contributed by atoms with Gasteiger partial charge in [-0.25, -0.2) is 0 Å². The van der Waals surface area contributed by atoms with Gasteiger partial charge in [0.15, 0.2) is 0 Å². The molecule has 0 saturated heterocycles. The molecule has 0 saturated carbocycles. The summed E-state index contributed by atoms with van der Waals surface area (Å²) in [6.45, 7) is 0. The van der Waals surface area contributed by atoms with E-state index in [2.05, 4.69) is 25.9 Å². The molecule has 64 valence electrons. The van der Waals surface area contributed by atoms with Crippen molar-refractivity contribution in [1.29, 1.82) is 0 Å². The molecule has 0 aliphatic rings. The van der Waals surface area contributed by atoms with Crippen molar-refractivity contribution in [3.63, 3.8) is 0 Å². The van der Waals surface area contributed by atoms with E-state index in [9.17, 15) is 0 Å². The molecule has 0 spiro atoms. The molecule has 0 N–H and O–H groups in total. The summed E-state index contributed by atoms with van der Waals surface area (Å²) in [4.78, 5) is 12.7. The van der Waals surface area contributed by atoms with Gasteiger partial charge >= 0.3 is 77.5 Å². The summed E-state index contributed by atoms with van der Waals surface area (Å²) in [5, 5.41) is 0. The van der Waals surface area contributed by atoms with Gasteiger partial charge in [0.05, 0.1) is 0 Å². The van der Waals surface area contributed by atoms with Crippen LogP contribution in [-0.4, -0.2) is 19.8 Å². The van der Waals surface area contributed by atoms with Crippen molar-refractivity contribution in [3.8, 4) is 0 Å². The molecule has 0 amide bonds. The molecule has 4 heteroatoms. The number of nitrogens with zero attached hydrogens (tertiary/aromatic N) is 2. The van der Waals surface area contributed by atoms with Crippen molar-refractivity contribution < 1.29 is 4.42 Å². The molecule has 0 aliphatic heterocycles. The first kappa shape index (κ1) is 7.97. The van der Waals surface area contributed by atoms with Crippen molar-refractivity contribution in [2.75, 3.05) is 9.86 Å². The molecule has 2 rings (SSSR count). The zero-order valence-corrected chi connectivity index (χ0v) is 9.07. The van der Waals surface area contributed by atoms with Crippen LogP contribution in [0.2, 0.25) is 0 Å². The molecule has 0 radical (unpaired) electrons. The van der Waals surface area contributed by atoms with E-state index in [1.807, 2.05) is 6.20 Å². The minimum absolute atomic E-state index is 0.705. The van der Waals surface area contributed by atoms with Crippen LogP contribution in [-0.2, 0) is 0 Å². The number of fused-ring (bicyclic) bond motifs is 1. The molecule has 3 nitrogen and oxygen atoms in total. The maximum atomic E-state index is 5.16. The van der Waals surface area contributed by atoms with Crippen LogP contribution in [0.3, 0.4) is 0 Å². The number of halogens is 1. The van der Waals surface area contributed by atoms with E-state index >= 15 is 0 Å². The summed E-state index contributed by atoms with van der Waals surface area (Å²) >= 11 is -0.921. The third-order valence-electron chi connectivity index (χ3n) is 1.59. The second kappa shape index (κ2) is 3.01. The Morgan fingerprint density at radius 2 is 2.17 bits per heavy atom. The van der Waals surface area contributed by atoms with Crippen molar-refractivity contribution in [1.82, 2.24) is 9.97 Å².